The van der Waals surface area contributed by atoms with Gasteiger partial charge in [0.15, 0.2) is 0 Å². The van der Waals surface area contributed by atoms with Crippen molar-refractivity contribution in [2.24, 2.45) is 0 Å². The maximum Gasteiger partial charge on any atom is 0.0726 e. The molecule has 0 bridgehead atoms. The van der Waals surface area contributed by atoms with E-state index in [1.807, 2.05) is 0 Å². The lowest BCUT2D eigenvalue weighted by Crippen LogP contribution is -2.36. The Balaban J connectivity index is 1.19. The number of para-hydroxylation sites is 1. The number of anilines is 3. The number of nitrogens with zero attached hydrogens (tertiary/aromatic N) is 1. The topological polar surface area (TPSA) is 3.24 Å². The summed E-state index contributed by atoms with van der Waals surface area (Å²) in [6.07, 6.45) is 0. The molecule has 0 N–H and O–H groups in total. The van der Waals surface area contributed by atoms with Gasteiger partial charge in [0.05, 0.1) is 11.1 Å². The predicted molar refractivity (Wildman–Crippen MR) is 261 cm³/mol. The van der Waals surface area contributed by atoms with Crippen LogP contribution < -0.4 is 4.90 Å². The minimum absolute atomic E-state index is 0.638. The summed E-state index contributed by atoms with van der Waals surface area (Å²) in [7, 11) is 0. The fourth-order valence-corrected chi connectivity index (χ4v) is 11.2. The molecule has 0 radical (unpaired) electrons. The molecule has 1 heteroatoms. The summed E-state index contributed by atoms with van der Waals surface area (Å²) in [5.41, 5.74) is 18.0. The van der Waals surface area contributed by atoms with Gasteiger partial charge in [-0.3, -0.25) is 0 Å². The van der Waals surface area contributed by atoms with E-state index in [1.165, 1.54) is 99.1 Å². The van der Waals surface area contributed by atoms with Gasteiger partial charge >= 0.3 is 0 Å². The van der Waals surface area contributed by atoms with Crippen molar-refractivity contribution in [2.45, 2.75) is 5.41 Å². The Labute approximate surface area is 361 Å². The van der Waals surface area contributed by atoms with Crippen LogP contribution in [-0.4, -0.2) is 0 Å². The maximum absolute atomic E-state index is 2.54. The Hall–Kier alpha value is -8.00. The maximum atomic E-state index is 2.54. The van der Waals surface area contributed by atoms with Crippen molar-refractivity contribution in [3.63, 3.8) is 0 Å². The van der Waals surface area contributed by atoms with E-state index in [-0.39, 0.29) is 0 Å². The van der Waals surface area contributed by atoms with Gasteiger partial charge < -0.3 is 4.90 Å². The first-order chi connectivity index (χ1) is 30.8. The van der Waals surface area contributed by atoms with Gasteiger partial charge in [-0.2, -0.15) is 0 Å². The van der Waals surface area contributed by atoms with Crippen molar-refractivity contribution in [1.29, 1.82) is 0 Å². The van der Waals surface area contributed by atoms with E-state index in [9.17, 15) is 0 Å². The summed E-state index contributed by atoms with van der Waals surface area (Å²) in [4.78, 5) is 2.51. The molecule has 62 heavy (non-hydrogen) atoms. The van der Waals surface area contributed by atoms with E-state index >= 15 is 0 Å². The van der Waals surface area contributed by atoms with E-state index in [0.717, 1.165) is 17.1 Å². The molecule has 1 unspecified atom stereocenters. The average Bonchev–Trinajstić information content (AvgIpc) is 3.35. The lowest BCUT2D eigenvalue weighted by atomic mass is 9.55. The molecule has 11 aromatic rings. The number of fused-ring (bicyclic) bond motifs is 9. The molecule has 0 aliphatic heterocycles. The van der Waals surface area contributed by atoms with Crippen LogP contribution in [0, 0.1) is 0 Å². The molecular formula is C61H39N. The Morgan fingerprint density at radius 2 is 0.790 bits per heavy atom. The second kappa shape index (κ2) is 13.5. The quantitative estimate of drug-likeness (QED) is 0.168. The highest BCUT2D eigenvalue weighted by molar-refractivity contribution is 6.14. The monoisotopic (exact) mass is 785 g/mol. The van der Waals surface area contributed by atoms with Crippen LogP contribution in [0.3, 0.4) is 0 Å². The molecule has 0 saturated heterocycles. The van der Waals surface area contributed by atoms with Crippen LogP contribution in [-0.2, 0) is 5.41 Å². The molecule has 0 saturated carbocycles. The normalized spacial score (nSPS) is 14.5. The highest BCUT2D eigenvalue weighted by Crippen LogP contribution is 2.62. The fourth-order valence-electron chi connectivity index (χ4n) is 11.2. The van der Waals surface area contributed by atoms with Crippen molar-refractivity contribution in [3.8, 4) is 44.5 Å². The highest BCUT2D eigenvalue weighted by atomic mass is 15.1. The molecule has 1 nitrogen and oxygen atoms in total. The Kier molecular flexibility index (Phi) is 7.59. The summed E-state index contributed by atoms with van der Waals surface area (Å²) in [5, 5.41) is 7.59. The lowest BCUT2D eigenvalue weighted by molar-refractivity contribution is 0.754. The summed E-state index contributed by atoms with van der Waals surface area (Å²) < 4.78 is 0. The molecule has 0 aromatic heterocycles. The van der Waals surface area contributed by atoms with Gasteiger partial charge in [-0.1, -0.05) is 212 Å². The number of benzene rings is 11. The zero-order chi connectivity index (χ0) is 40.8. The van der Waals surface area contributed by atoms with E-state index < -0.39 is 5.41 Å². The third-order valence-corrected chi connectivity index (χ3v) is 13.6. The van der Waals surface area contributed by atoms with E-state index in [2.05, 4.69) is 241 Å². The van der Waals surface area contributed by atoms with Gasteiger partial charge in [-0.05, 0) is 112 Å². The number of rotatable bonds is 5. The summed E-state index contributed by atoms with van der Waals surface area (Å²) in [6, 6.07) is 88.2. The lowest BCUT2D eigenvalue weighted by Gasteiger charge is -2.46. The summed E-state index contributed by atoms with van der Waals surface area (Å²) in [5.74, 6) is 0. The third-order valence-electron chi connectivity index (χ3n) is 13.6. The molecule has 0 fully saturated rings. The average molecular weight is 786 g/mol. The van der Waals surface area contributed by atoms with Gasteiger partial charge in [0, 0.05) is 22.3 Å². The molecule has 288 valence electrons. The largest absolute Gasteiger partial charge is 0.309 e. The third kappa shape index (κ3) is 4.85. The summed E-state index contributed by atoms with van der Waals surface area (Å²) in [6.45, 7) is 0. The molecule has 2 aliphatic rings. The molecule has 0 heterocycles. The minimum atomic E-state index is -0.638. The molecule has 1 atom stereocenters. The molecule has 0 amide bonds. The first-order valence-electron chi connectivity index (χ1n) is 21.6. The molecule has 11 aromatic carbocycles. The van der Waals surface area contributed by atoms with Gasteiger partial charge in [0.25, 0.3) is 0 Å². The fraction of sp³-hybridized carbons (Fsp3) is 0.0164. The highest BCUT2D eigenvalue weighted by Gasteiger charge is 2.49. The first-order valence-corrected chi connectivity index (χ1v) is 21.6. The van der Waals surface area contributed by atoms with Gasteiger partial charge in [0.1, 0.15) is 0 Å². The van der Waals surface area contributed by atoms with Crippen LogP contribution in [0.25, 0.3) is 76.8 Å². The second-order valence-electron chi connectivity index (χ2n) is 16.7. The van der Waals surface area contributed by atoms with Crippen LogP contribution in [0.2, 0.25) is 0 Å². The zero-order valence-corrected chi connectivity index (χ0v) is 34.0. The van der Waals surface area contributed by atoms with Crippen LogP contribution in [0.4, 0.5) is 17.1 Å². The number of hydrogen-bond acceptors (Lipinski definition) is 1. The van der Waals surface area contributed by atoms with E-state index in [1.54, 1.807) is 0 Å². The van der Waals surface area contributed by atoms with Crippen molar-refractivity contribution in [3.05, 3.63) is 259 Å². The predicted octanol–water partition coefficient (Wildman–Crippen LogP) is 16.3. The van der Waals surface area contributed by atoms with Gasteiger partial charge in [-0.25, -0.2) is 0 Å². The molecule has 2 aliphatic carbocycles. The molecule has 13 rings (SSSR count). The Bertz CT molecular complexity index is 3570. The van der Waals surface area contributed by atoms with Crippen LogP contribution in [0.5, 0.6) is 0 Å². The Morgan fingerprint density at radius 1 is 0.274 bits per heavy atom. The van der Waals surface area contributed by atoms with E-state index in [4.69, 9.17) is 0 Å². The van der Waals surface area contributed by atoms with Gasteiger partial charge in [0.2, 0.25) is 0 Å². The van der Waals surface area contributed by atoms with Crippen molar-refractivity contribution in [2.75, 3.05) is 4.90 Å². The Morgan fingerprint density at radius 3 is 1.60 bits per heavy atom. The smallest absolute Gasteiger partial charge is 0.0726 e. The van der Waals surface area contributed by atoms with Crippen molar-refractivity contribution >= 4 is 49.4 Å². The van der Waals surface area contributed by atoms with Crippen molar-refractivity contribution < 1.29 is 0 Å². The SMILES string of the molecule is c1ccc(-c2ccc3ccccc3c2N(c2ccccc2)c2ccc3c(c2)C2(c4ccccc4-c4ccc(-c5ccccc5)c5cccc2c45)c2cccc4cccc-3c24)cc1. The van der Waals surface area contributed by atoms with Crippen LogP contribution >= 0.6 is 0 Å². The number of hydrogen-bond donors (Lipinski definition) is 0. The second-order valence-corrected chi connectivity index (χ2v) is 16.7. The first kappa shape index (κ1) is 34.8. The molecule has 1 spiro atoms. The molecular weight excluding hydrogens is 747 g/mol. The standard InChI is InChI=1S/C61H39N/c1-4-17-40(18-5-1)46-37-38-53-49-27-12-13-30-54(49)61(56-32-16-29-51(46)59(53)56)55-31-15-23-43-22-14-28-52(58(43)55)50-36-34-45(39-57(50)61)62(44-24-8-3-9-25-44)60-47-26-11-10-21-42(47)33-35-48(60)41-19-6-2-7-20-41/h1-39H. The van der Waals surface area contributed by atoms with Crippen LogP contribution in [0.1, 0.15) is 22.3 Å². The zero-order valence-electron chi connectivity index (χ0n) is 34.0. The van der Waals surface area contributed by atoms with E-state index in [0.29, 0.717) is 0 Å². The van der Waals surface area contributed by atoms with Crippen molar-refractivity contribution in [1.82, 2.24) is 0 Å². The van der Waals surface area contributed by atoms with Crippen LogP contribution in [0.15, 0.2) is 237 Å². The minimum Gasteiger partial charge on any atom is -0.309 e. The van der Waals surface area contributed by atoms with Gasteiger partial charge in [-0.15, -0.1) is 0 Å². The summed E-state index contributed by atoms with van der Waals surface area (Å²) >= 11 is 0.